The minimum atomic E-state index is -0.591. The number of ether oxygens (including phenoxy) is 2. The van der Waals surface area contributed by atoms with Gasteiger partial charge in [0.2, 0.25) is 5.91 Å². The number of fused-ring (bicyclic) bond motifs is 1. The molecule has 3 aliphatic rings. The van der Waals surface area contributed by atoms with Crippen molar-refractivity contribution >= 4 is 23.0 Å². The van der Waals surface area contributed by atoms with Gasteiger partial charge in [-0.15, -0.1) is 0 Å². The summed E-state index contributed by atoms with van der Waals surface area (Å²) in [5.74, 6) is -1.30. The topological polar surface area (TPSA) is 106 Å². The van der Waals surface area contributed by atoms with E-state index in [1.807, 2.05) is 47.5 Å². The van der Waals surface area contributed by atoms with E-state index >= 15 is 8.78 Å². The van der Waals surface area contributed by atoms with Gasteiger partial charge < -0.3 is 19.3 Å². The van der Waals surface area contributed by atoms with E-state index in [0.717, 1.165) is 18.4 Å². The Hall–Kier alpha value is -4.49. The number of rotatable bonds is 6. The van der Waals surface area contributed by atoms with Crippen LogP contribution in [0.15, 0.2) is 48.9 Å². The average molecular weight is 674 g/mol. The highest BCUT2D eigenvalue weighted by Gasteiger charge is 2.40. The molecule has 13 heteroatoms. The summed E-state index contributed by atoms with van der Waals surface area (Å²) >= 11 is 0. The lowest BCUT2D eigenvalue weighted by Crippen LogP contribution is -2.58. The van der Waals surface area contributed by atoms with E-state index < -0.39 is 17.2 Å². The first-order valence-electron chi connectivity index (χ1n) is 16.9. The summed E-state index contributed by atoms with van der Waals surface area (Å²) in [6, 6.07) is 8.29. The number of benzene rings is 2. The average Bonchev–Trinajstić information content (AvgIpc) is 3.55. The number of piperidine rings is 1. The van der Waals surface area contributed by atoms with E-state index in [2.05, 4.69) is 10.1 Å². The van der Waals surface area contributed by atoms with Gasteiger partial charge in [0.15, 0.2) is 0 Å². The van der Waals surface area contributed by atoms with Crippen molar-refractivity contribution in [3.63, 3.8) is 0 Å². The minimum absolute atomic E-state index is 0.0492. The SMILES string of the molecule is CC(C)(C)OC(=O)N1CC(C(=O)N2CCC(n3cc(-c4cnc5cccc(-c6cc(F)c(CN7CCOCC7)c(F)c6)c5n4)cn3)CC2)C1. The zero-order valence-electron chi connectivity index (χ0n) is 28.1. The standard InChI is InChI=1S/C36H41F2N7O4/c1-36(2,3)49-35(47)44-19-25(20-44)34(46)43-9-7-26(8-10-43)45-21-24(17-40-45)32-18-39-31-6-4-5-27(33(31)41-32)23-15-29(37)28(30(38)16-23)22-42-11-13-48-14-12-42/h4-6,15-18,21,25-26H,7-14,19-20,22H2,1-3H3. The number of halogens is 2. The van der Waals surface area contributed by atoms with Gasteiger partial charge >= 0.3 is 6.09 Å². The molecule has 49 heavy (non-hydrogen) atoms. The fourth-order valence-electron chi connectivity index (χ4n) is 6.69. The largest absolute Gasteiger partial charge is 0.444 e. The van der Waals surface area contributed by atoms with Crippen molar-refractivity contribution in [1.29, 1.82) is 0 Å². The summed E-state index contributed by atoms with van der Waals surface area (Å²) in [5, 5.41) is 4.62. The van der Waals surface area contributed by atoms with E-state index in [1.54, 1.807) is 29.4 Å². The number of amides is 2. The Morgan fingerprint density at radius 2 is 1.67 bits per heavy atom. The minimum Gasteiger partial charge on any atom is -0.444 e. The molecule has 2 aromatic heterocycles. The highest BCUT2D eigenvalue weighted by molar-refractivity contribution is 5.92. The van der Waals surface area contributed by atoms with Crippen LogP contribution >= 0.6 is 0 Å². The van der Waals surface area contributed by atoms with Crippen LogP contribution in [0.1, 0.15) is 45.2 Å². The molecule has 0 unspecified atom stereocenters. The van der Waals surface area contributed by atoms with Crippen LogP contribution < -0.4 is 0 Å². The van der Waals surface area contributed by atoms with Gasteiger partial charge in [0, 0.05) is 68.7 Å². The number of para-hydroxylation sites is 1. The molecule has 11 nitrogen and oxygen atoms in total. The lowest BCUT2D eigenvalue weighted by molar-refractivity contribution is -0.141. The highest BCUT2D eigenvalue weighted by Crippen LogP contribution is 2.32. The maximum absolute atomic E-state index is 15.3. The molecule has 4 aromatic rings. The number of carbonyl (C=O) groups excluding carboxylic acids is 2. The molecule has 0 saturated carbocycles. The third-order valence-corrected chi connectivity index (χ3v) is 9.44. The summed E-state index contributed by atoms with van der Waals surface area (Å²) in [6.07, 6.45) is 6.48. The number of hydrogen-bond acceptors (Lipinski definition) is 8. The number of aromatic nitrogens is 4. The molecule has 0 atom stereocenters. The van der Waals surface area contributed by atoms with Gasteiger partial charge in [-0.2, -0.15) is 5.10 Å². The van der Waals surface area contributed by atoms with Gasteiger partial charge in [-0.1, -0.05) is 12.1 Å². The first-order chi connectivity index (χ1) is 23.5. The predicted octanol–water partition coefficient (Wildman–Crippen LogP) is 5.30. The van der Waals surface area contributed by atoms with Crippen molar-refractivity contribution in [1.82, 2.24) is 34.4 Å². The Balaban J connectivity index is 1.01. The highest BCUT2D eigenvalue weighted by atomic mass is 19.1. The number of likely N-dealkylation sites (tertiary alicyclic amines) is 2. The molecule has 258 valence electrons. The van der Waals surface area contributed by atoms with E-state index in [0.29, 0.717) is 80.3 Å². The van der Waals surface area contributed by atoms with Crippen LogP contribution in [0.4, 0.5) is 13.6 Å². The van der Waals surface area contributed by atoms with Crippen LogP contribution in [0.3, 0.4) is 0 Å². The van der Waals surface area contributed by atoms with E-state index in [4.69, 9.17) is 14.5 Å². The molecule has 2 amide bonds. The van der Waals surface area contributed by atoms with E-state index in [1.165, 1.54) is 12.1 Å². The number of hydrogen-bond donors (Lipinski definition) is 0. The van der Waals surface area contributed by atoms with Crippen LogP contribution in [0.2, 0.25) is 0 Å². The van der Waals surface area contributed by atoms with Gasteiger partial charge in [-0.05, 0) is 57.4 Å². The summed E-state index contributed by atoms with van der Waals surface area (Å²) in [7, 11) is 0. The normalized spacial score (nSPS) is 18.1. The molecule has 3 saturated heterocycles. The molecular formula is C36H41F2N7O4. The fraction of sp³-hybridized carbons (Fsp3) is 0.472. The first-order valence-corrected chi connectivity index (χ1v) is 16.9. The monoisotopic (exact) mass is 673 g/mol. The zero-order valence-corrected chi connectivity index (χ0v) is 28.1. The van der Waals surface area contributed by atoms with Crippen molar-refractivity contribution in [2.75, 3.05) is 52.5 Å². The third-order valence-electron chi connectivity index (χ3n) is 9.44. The maximum Gasteiger partial charge on any atom is 0.410 e. The fourth-order valence-corrected chi connectivity index (χ4v) is 6.69. The number of morpholine rings is 1. The lowest BCUT2D eigenvalue weighted by atomic mass is 9.96. The van der Waals surface area contributed by atoms with Gasteiger partial charge in [-0.3, -0.25) is 19.4 Å². The van der Waals surface area contributed by atoms with Crippen LogP contribution in [0.25, 0.3) is 33.4 Å². The molecule has 0 bridgehead atoms. The summed E-state index contributed by atoms with van der Waals surface area (Å²) in [6.45, 7) is 10.0. The van der Waals surface area contributed by atoms with E-state index in [9.17, 15) is 9.59 Å². The summed E-state index contributed by atoms with van der Waals surface area (Å²) < 4.78 is 43.3. The van der Waals surface area contributed by atoms with Gasteiger partial charge in [-0.25, -0.2) is 18.6 Å². The Bertz CT molecular complexity index is 1830. The molecule has 0 N–H and O–H groups in total. The molecule has 0 radical (unpaired) electrons. The van der Waals surface area contributed by atoms with E-state index in [-0.39, 0.29) is 36.1 Å². The van der Waals surface area contributed by atoms with Crippen molar-refractivity contribution in [3.05, 3.63) is 66.1 Å². The second-order valence-corrected chi connectivity index (χ2v) is 14.1. The molecular weight excluding hydrogens is 632 g/mol. The summed E-state index contributed by atoms with van der Waals surface area (Å²) in [4.78, 5) is 40.3. The predicted molar refractivity (Wildman–Crippen MR) is 178 cm³/mol. The van der Waals surface area contributed by atoms with Crippen LogP contribution in [0.5, 0.6) is 0 Å². The quantitative estimate of drug-likeness (QED) is 0.272. The van der Waals surface area contributed by atoms with Crippen molar-refractivity contribution < 1.29 is 27.8 Å². The maximum atomic E-state index is 15.3. The van der Waals surface area contributed by atoms with Gasteiger partial charge in [0.1, 0.15) is 17.2 Å². The second kappa shape index (κ2) is 13.4. The zero-order chi connectivity index (χ0) is 34.3. The van der Waals surface area contributed by atoms with Crippen LogP contribution in [-0.4, -0.2) is 105 Å². The lowest BCUT2D eigenvalue weighted by Gasteiger charge is -2.42. The van der Waals surface area contributed by atoms with Crippen molar-refractivity contribution in [2.24, 2.45) is 5.92 Å². The van der Waals surface area contributed by atoms with Crippen LogP contribution in [-0.2, 0) is 20.8 Å². The van der Waals surface area contributed by atoms with Gasteiger partial charge in [0.25, 0.3) is 0 Å². The molecule has 7 rings (SSSR count). The Labute approximate surface area is 283 Å². The number of carbonyl (C=O) groups is 2. The molecule has 0 aliphatic carbocycles. The second-order valence-electron chi connectivity index (χ2n) is 14.1. The molecule has 3 aliphatic heterocycles. The molecule has 5 heterocycles. The van der Waals surface area contributed by atoms with Crippen molar-refractivity contribution in [3.8, 4) is 22.4 Å². The first kappa shape index (κ1) is 33.0. The number of nitrogens with zero attached hydrogens (tertiary/aromatic N) is 7. The van der Waals surface area contributed by atoms with Crippen LogP contribution in [0, 0.1) is 17.6 Å². The van der Waals surface area contributed by atoms with Crippen molar-refractivity contribution in [2.45, 2.75) is 51.8 Å². The smallest absolute Gasteiger partial charge is 0.410 e. The Morgan fingerprint density at radius 3 is 2.37 bits per heavy atom. The molecule has 0 spiro atoms. The molecule has 3 fully saturated rings. The Morgan fingerprint density at radius 1 is 0.959 bits per heavy atom. The molecule has 2 aromatic carbocycles. The third kappa shape index (κ3) is 7.13. The summed E-state index contributed by atoms with van der Waals surface area (Å²) in [5.41, 5.74) is 3.00. The Kier molecular flexibility index (Phi) is 9.05. The van der Waals surface area contributed by atoms with Gasteiger partial charge in [0.05, 0.1) is 54.3 Å².